The molecule has 1 amide bonds. The summed E-state index contributed by atoms with van der Waals surface area (Å²) in [7, 11) is 0. The van der Waals surface area contributed by atoms with Gasteiger partial charge in [0.1, 0.15) is 17.7 Å². The number of aromatic nitrogens is 4. The maximum atomic E-state index is 12.9. The second-order valence-corrected chi connectivity index (χ2v) is 8.08. The Kier molecular flexibility index (Phi) is 5.40. The Balaban J connectivity index is 1.41. The number of nitrogens with zero attached hydrogens (tertiary/aromatic N) is 3. The highest BCUT2D eigenvalue weighted by molar-refractivity contribution is 6.11. The molecule has 1 aromatic carbocycles. The lowest BCUT2D eigenvalue weighted by atomic mass is 10.0. The molecule has 3 heterocycles. The molecule has 1 aliphatic carbocycles. The average molecular weight is 468 g/mol. The van der Waals surface area contributed by atoms with E-state index in [4.69, 9.17) is 0 Å². The molecule has 11 heteroatoms. The third-order valence-corrected chi connectivity index (χ3v) is 5.51. The fourth-order valence-corrected chi connectivity index (χ4v) is 3.58. The number of alkyl halides is 3. The van der Waals surface area contributed by atoms with Crippen molar-refractivity contribution in [2.24, 2.45) is 5.92 Å². The van der Waals surface area contributed by atoms with Crippen molar-refractivity contribution in [2.45, 2.75) is 25.2 Å². The number of aromatic amines is 1. The minimum absolute atomic E-state index is 0.0162. The highest BCUT2D eigenvalue weighted by Gasteiger charge is 2.32. The number of carbonyl (C=O) groups is 1. The van der Waals surface area contributed by atoms with E-state index in [2.05, 4.69) is 30.8 Å². The molecule has 1 atom stereocenters. The minimum atomic E-state index is -4.62. The van der Waals surface area contributed by atoms with E-state index >= 15 is 0 Å². The lowest BCUT2D eigenvalue weighted by Gasteiger charge is -2.13. The van der Waals surface area contributed by atoms with Crippen molar-refractivity contribution in [2.75, 3.05) is 10.6 Å². The summed E-state index contributed by atoms with van der Waals surface area (Å²) in [5, 5.41) is 22.8. The first-order valence-electron chi connectivity index (χ1n) is 10.5. The number of fused-ring (bicyclic) bond motifs is 1. The number of pyridine rings is 2. The van der Waals surface area contributed by atoms with Crippen LogP contribution in [0.1, 0.15) is 29.0 Å². The number of amides is 1. The van der Waals surface area contributed by atoms with Crippen LogP contribution in [0.15, 0.2) is 54.9 Å². The zero-order valence-corrected chi connectivity index (χ0v) is 17.6. The van der Waals surface area contributed by atoms with Gasteiger partial charge >= 0.3 is 6.18 Å². The Morgan fingerprint density at radius 2 is 1.94 bits per heavy atom. The maximum Gasteiger partial charge on any atom is 0.433 e. The molecule has 8 nitrogen and oxygen atoms in total. The number of H-pyrrole nitrogens is 1. The van der Waals surface area contributed by atoms with Crippen LogP contribution in [0.4, 0.5) is 24.7 Å². The number of carbonyl (C=O) groups excluding carboxylic acids is 1. The van der Waals surface area contributed by atoms with Gasteiger partial charge < -0.3 is 15.7 Å². The van der Waals surface area contributed by atoms with Crippen LogP contribution in [0, 0.1) is 5.92 Å². The monoisotopic (exact) mass is 468 g/mol. The Morgan fingerprint density at radius 3 is 2.71 bits per heavy atom. The molecule has 0 radical (unpaired) electrons. The number of hydrogen-bond donors (Lipinski definition) is 4. The summed E-state index contributed by atoms with van der Waals surface area (Å²) < 4.78 is 38.8. The first-order chi connectivity index (χ1) is 16.3. The standard InChI is InChI=1S/C23H19F3N6O2/c24-23(25,26)18-2-1-3-19(29-18)30-22(34)20-16-9-13(6-7-17(16)31-32-20)14-8-15(11-27-10-14)28-21(33)12-4-5-12/h1-3,6-12,21,28,33H,4-5H2,(H,31,32)(H,29,30,34). The van der Waals surface area contributed by atoms with Gasteiger partial charge in [-0.1, -0.05) is 12.1 Å². The average Bonchev–Trinajstić information content (AvgIpc) is 3.58. The van der Waals surface area contributed by atoms with Crippen molar-refractivity contribution in [1.29, 1.82) is 0 Å². The zero-order valence-electron chi connectivity index (χ0n) is 17.6. The Bertz CT molecular complexity index is 1370. The molecule has 34 heavy (non-hydrogen) atoms. The third kappa shape index (κ3) is 4.55. The van der Waals surface area contributed by atoms with Crippen molar-refractivity contribution in [1.82, 2.24) is 20.2 Å². The Hall–Kier alpha value is -3.99. The number of aliphatic hydroxyl groups excluding tert-OH is 1. The van der Waals surface area contributed by atoms with Crippen molar-refractivity contribution in [3.05, 3.63) is 66.2 Å². The zero-order chi connectivity index (χ0) is 23.9. The van der Waals surface area contributed by atoms with Gasteiger partial charge in [-0.3, -0.25) is 14.9 Å². The van der Waals surface area contributed by atoms with Gasteiger partial charge in [-0.15, -0.1) is 0 Å². The van der Waals surface area contributed by atoms with Crippen molar-refractivity contribution in [3.8, 4) is 11.1 Å². The predicted molar refractivity (Wildman–Crippen MR) is 119 cm³/mol. The SMILES string of the molecule is O=C(Nc1cccc(C(F)(F)F)n1)c1n[nH]c2ccc(-c3cncc(NC(O)C4CC4)c3)cc12. The summed E-state index contributed by atoms with van der Waals surface area (Å²) in [4.78, 5) is 20.5. The topological polar surface area (TPSA) is 116 Å². The molecule has 1 aliphatic rings. The summed E-state index contributed by atoms with van der Waals surface area (Å²) in [6, 6.07) is 10.4. The van der Waals surface area contributed by atoms with Crippen LogP contribution in [0.25, 0.3) is 22.0 Å². The molecule has 1 fully saturated rings. The first kappa shape index (κ1) is 21.8. The maximum absolute atomic E-state index is 12.9. The molecule has 1 saturated carbocycles. The van der Waals surface area contributed by atoms with E-state index in [0.29, 0.717) is 16.6 Å². The Morgan fingerprint density at radius 1 is 1.12 bits per heavy atom. The number of nitrogens with one attached hydrogen (secondary N) is 3. The van der Waals surface area contributed by atoms with Gasteiger partial charge in [0.05, 0.1) is 17.4 Å². The van der Waals surface area contributed by atoms with Gasteiger partial charge in [-0.25, -0.2) is 4.98 Å². The number of halogens is 3. The van der Waals surface area contributed by atoms with E-state index in [1.54, 1.807) is 24.5 Å². The molecule has 0 saturated heterocycles. The third-order valence-electron chi connectivity index (χ3n) is 5.51. The van der Waals surface area contributed by atoms with Crippen LogP contribution in [0.3, 0.4) is 0 Å². The molecule has 4 aromatic rings. The van der Waals surface area contributed by atoms with Crippen LogP contribution in [-0.2, 0) is 6.18 Å². The largest absolute Gasteiger partial charge is 0.433 e. The lowest BCUT2D eigenvalue weighted by molar-refractivity contribution is -0.141. The van der Waals surface area contributed by atoms with E-state index in [0.717, 1.165) is 30.0 Å². The smallest absolute Gasteiger partial charge is 0.374 e. The number of benzene rings is 1. The van der Waals surface area contributed by atoms with Gasteiger partial charge in [-0.05, 0) is 48.7 Å². The quantitative estimate of drug-likeness (QED) is 0.311. The normalized spacial score (nSPS) is 14.7. The molecular weight excluding hydrogens is 449 g/mol. The first-order valence-corrected chi connectivity index (χ1v) is 10.5. The lowest BCUT2D eigenvalue weighted by Crippen LogP contribution is -2.20. The van der Waals surface area contributed by atoms with Crippen molar-refractivity contribution in [3.63, 3.8) is 0 Å². The molecule has 174 valence electrons. The molecule has 4 N–H and O–H groups in total. The van der Waals surface area contributed by atoms with Gasteiger partial charge in [-0.2, -0.15) is 18.3 Å². The van der Waals surface area contributed by atoms with Crippen LogP contribution in [0.2, 0.25) is 0 Å². The van der Waals surface area contributed by atoms with Gasteiger partial charge in [0, 0.05) is 23.1 Å². The van der Waals surface area contributed by atoms with Crippen LogP contribution >= 0.6 is 0 Å². The number of anilines is 2. The van der Waals surface area contributed by atoms with E-state index in [1.807, 2.05) is 12.1 Å². The summed E-state index contributed by atoms with van der Waals surface area (Å²) in [6.45, 7) is 0. The fraction of sp³-hybridized carbons (Fsp3) is 0.217. The van der Waals surface area contributed by atoms with Crippen molar-refractivity contribution < 1.29 is 23.1 Å². The van der Waals surface area contributed by atoms with Crippen LogP contribution in [0.5, 0.6) is 0 Å². The highest BCUT2D eigenvalue weighted by Crippen LogP contribution is 2.34. The van der Waals surface area contributed by atoms with Crippen LogP contribution < -0.4 is 10.6 Å². The second-order valence-electron chi connectivity index (χ2n) is 8.08. The fourth-order valence-electron chi connectivity index (χ4n) is 3.58. The van der Waals surface area contributed by atoms with E-state index in [1.165, 1.54) is 12.1 Å². The molecule has 0 bridgehead atoms. The molecule has 3 aromatic heterocycles. The summed E-state index contributed by atoms with van der Waals surface area (Å²) in [5.41, 5.74) is 1.66. The van der Waals surface area contributed by atoms with E-state index < -0.39 is 24.0 Å². The number of aliphatic hydroxyl groups is 1. The van der Waals surface area contributed by atoms with Gasteiger partial charge in [0.25, 0.3) is 5.91 Å². The van der Waals surface area contributed by atoms with Crippen LogP contribution in [-0.4, -0.2) is 37.4 Å². The summed E-state index contributed by atoms with van der Waals surface area (Å²) in [5.74, 6) is -0.682. The second kappa shape index (κ2) is 8.41. The van der Waals surface area contributed by atoms with E-state index in [-0.39, 0.29) is 17.4 Å². The molecule has 0 aliphatic heterocycles. The molecule has 5 rings (SSSR count). The summed E-state index contributed by atoms with van der Waals surface area (Å²) >= 11 is 0. The predicted octanol–water partition coefficient (Wildman–Crippen LogP) is 4.43. The molecule has 1 unspecified atom stereocenters. The minimum Gasteiger partial charge on any atom is -0.374 e. The van der Waals surface area contributed by atoms with E-state index in [9.17, 15) is 23.1 Å². The Labute approximate surface area is 191 Å². The summed E-state index contributed by atoms with van der Waals surface area (Å²) in [6.07, 6.45) is -0.0122. The van der Waals surface area contributed by atoms with Gasteiger partial charge in [0.2, 0.25) is 0 Å². The molecule has 0 spiro atoms. The molecular formula is C23H19F3N6O2. The highest BCUT2D eigenvalue weighted by atomic mass is 19.4. The van der Waals surface area contributed by atoms with Gasteiger partial charge in [0.15, 0.2) is 5.69 Å². The number of rotatable bonds is 6. The number of hydrogen-bond acceptors (Lipinski definition) is 6. The van der Waals surface area contributed by atoms with Crippen molar-refractivity contribution >= 4 is 28.3 Å².